The summed E-state index contributed by atoms with van der Waals surface area (Å²) in [6, 6.07) is 0. The predicted octanol–water partition coefficient (Wildman–Crippen LogP) is 2.06. The molecular formula is C10H15N3O2. The fraction of sp³-hybridized carbons (Fsp3) is 0.700. The van der Waals surface area contributed by atoms with Gasteiger partial charge in [0.05, 0.1) is 7.05 Å². The zero-order chi connectivity index (χ0) is 10.8. The Morgan fingerprint density at radius 3 is 2.93 bits per heavy atom. The average molecular weight is 209 g/mol. The van der Waals surface area contributed by atoms with Crippen molar-refractivity contribution in [3.05, 3.63) is 22.0 Å². The highest BCUT2D eigenvalue weighted by atomic mass is 16.6. The summed E-state index contributed by atoms with van der Waals surface area (Å²) >= 11 is 0. The van der Waals surface area contributed by atoms with Gasteiger partial charge in [-0.3, -0.25) is 0 Å². The van der Waals surface area contributed by atoms with E-state index < -0.39 is 4.92 Å². The SMILES string of the molecule is Cn1c(CCCC2CC2)cnc1[N+](=O)[O-]. The van der Waals surface area contributed by atoms with Gasteiger partial charge in [0.15, 0.2) is 0 Å². The molecule has 1 aromatic heterocycles. The van der Waals surface area contributed by atoms with Crippen molar-refractivity contribution in [3.8, 4) is 0 Å². The number of aryl methyl sites for hydroxylation is 1. The summed E-state index contributed by atoms with van der Waals surface area (Å²) in [7, 11) is 1.71. The van der Waals surface area contributed by atoms with E-state index >= 15 is 0 Å². The summed E-state index contributed by atoms with van der Waals surface area (Å²) in [6.07, 6.45) is 7.61. The van der Waals surface area contributed by atoms with E-state index in [2.05, 4.69) is 4.98 Å². The van der Waals surface area contributed by atoms with E-state index in [9.17, 15) is 10.1 Å². The van der Waals surface area contributed by atoms with Crippen molar-refractivity contribution in [1.82, 2.24) is 9.55 Å². The van der Waals surface area contributed by atoms with Crippen LogP contribution in [0.1, 0.15) is 31.4 Å². The van der Waals surface area contributed by atoms with Crippen molar-refractivity contribution in [2.45, 2.75) is 32.1 Å². The molecule has 2 rings (SSSR count). The monoisotopic (exact) mass is 209 g/mol. The molecule has 1 saturated carbocycles. The van der Waals surface area contributed by atoms with Gasteiger partial charge in [-0.2, -0.15) is 0 Å². The third-order valence-corrected chi connectivity index (χ3v) is 2.97. The van der Waals surface area contributed by atoms with Gasteiger partial charge in [0, 0.05) is 6.42 Å². The smallest absolute Gasteiger partial charge is 0.390 e. The number of aromatic nitrogens is 2. The average Bonchev–Trinajstić information content (AvgIpc) is 2.92. The van der Waals surface area contributed by atoms with Crippen LogP contribution in [0, 0.1) is 16.0 Å². The van der Waals surface area contributed by atoms with E-state index in [4.69, 9.17) is 0 Å². The van der Waals surface area contributed by atoms with E-state index in [0.29, 0.717) is 0 Å². The molecule has 5 heteroatoms. The fourth-order valence-corrected chi connectivity index (χ4v) is 1.81. The highest BCUT2D eigenvalue weighted by Gasteiger charge is 2.21. The predicted molar refractivity (Wildman–Crippen MR) is 55.5 cm³/mol. The third kappa shape index (κ3) is 2.34. The molecule has 0 saturated heterocycles. The van der Waals surface area contributed by atoms with Crippen LogP contribution in [-0.2, 0) is 13.5 Å². The van der Waals surface area contributed by atoms with Gasteiger partial charge < -0.3 is 10.1 Å². The van der Waals surface area contributed by atoms with Crippen LogP contribution in [0.5, 0.6) is 0 Å². The van der Waals surface area contributed by atoms with Crippen molar-refractivity contribution in [2.24, 2.45) is 13.0 Å². The van der Waals surface area contributed by atoms with Gasteiger partial charge in [-0.1, -0.05) is 24.2 Å². The zero-order valence-corrected chi connectivity index (χ0v) is 8.85. The van der Waals surface area contributed by atoms with Crippen LogP contribution < -0.4 is 0 Å². The molecule has 0 aromatic carbocycles. The third-order valence-electron chi connectivity index (χ3n) is 2.97. The molecule has 0 spiro atoms. The van der Waals surface area contributed by atoms with Gasteiger partial charge >= 0.3 is 5.95 Å². The molecule has 0 N–H and O–H groups in total. The summed E-state index contributed by atoms with van der Waals surface area (Å²) in [5.41, 5.74) is 0.961. The largest absolute Gasteiger partial charge is 0.434 e. The van der Waals surface area contributed by atoms with Crippen LogP contribution in [0.3, 0.4) is 0 Å². The molecule has 1 fully saturated rings. The first-order valence-corrected chi connectivity index (χ1v) is 5.33. The molecule has 1 aliphatic carbocycles. The van der Waals surface area contributed by atoms with E-state index in [1.807, 2.05) is 0 Å². The maximum atomic E-state index is 10.5. The first-order valence-electron chi connectivity index (χ1n) is 5.33. The Morgan fingerprint density at radius 1 is 1.67 bits per heavy atom. The van der Waals surface area contributed by atoms with Gasteiger partial charge in [0.25, 0.3) is 0 Å². The second-order valence-electron chi connectivity index (χ2n) is 4.20. The lowest BCUT2D eigenvalue weighted by Crippen LogP contribution is -2.02. The van der Waals surface area contributed by atoms with Gasteiger partial charge in [0.2, 0.25) is 0 Å². The van der Waals surface area contributed by atoms with Crippen molar-refractivity contribution < 1.29 is 4.92 Å². The Kier molecular flexibility index (Phi) is 2.70. The molecule has 1 aliphatic rings. The van der Waals surface area contributed by atoms with Gasteiger partial charge in [0.1, 0.15) is 11.9 Å². The minimum absolute atomic E-state index is 0.0589. The second-order valence-corrected chi connectivity index (χ2v) is 4.20. The lowest BCUT2D eigenvalue weighted by Gasteiger charge is -1.99. The number of nitro groups is 1. The number of hydrogen-bond donors (Lipinski definition) is 0. The molecule has 15 heavy (non-hydrogen) atoms. The summed E-state index contributed by atoms with van der Waals surface area (Å²) in [4.78, 5) is 13.9. The molecule has 1 aromatic rings. The fourth-order valence-electron chi connectivity index (χ4n) is 1.81. The van der Waals surface area contributed by atoms with Gasteiger partial charge in [-0.05, 0) is 17.3 Å². The first kappa shape index (κ1) is 10.1. The molecule has 1 heterocycles. The molecule has 0 amide bonds. The normalized spacial score (nSPS) is 15.5. The maximum absolute atomic E-state index is 10.5. The standard InChI is InChI=1S/C10H15N3O2/c1-12-9(4-2-3-8-5-6-8)7-11-10(12)13(14)15/h7-8H,2-6H2,1H3. The van der Waals surface area contributed by atoms with Gasteiger partial charge in [-0.15, -0.1) is 0 Å². The van der Waals surface area contributed by atoms with Crippen LogP contribution >= 0.6 is 0 Å². The number of hydrogen-bond acceptors (Lipinski definition) is 3. The van der Waals surface area contributed by atoms with E-state index in [1.165, 1.54) is 19.3 Å². The van der Waals surface area contributed by atoms with E-state index in [-0.39, 0.29) is 5.95 Å². The zero-order valence-electron chi connectivity index (χ0n) is 8.85. The summed E-state index contributed by atoms with van der Waals surface area (Å²) < 4.78 is 1.58. The molecule has 5 nitrogen and oxygen atoms in total. The Balaban J connectivity index is 1.92. The van der Waals surface area contributed by atoms with Crippen LogP contribution in [0.25, 0.3) is 0 Å². The van der Waals surface area contributed by atoms with Crippen LogP contribution in [0.2, 0.25) is 0 Å². The summed E-state index contributed by atoms with van der Waals surface area (Å²) in [5, 5.41) is 10.5. The number of rotatable bonds is 5. The van der Waals surface area contributed by atoms with Crippen molar-refractivity contribution in [3.63, 3.8) is 0 Å². The molecule has 82 valence electrons. The molecule has 0 unspecified atom stereocenters. The molecule has 0 atom stereocenters. The van der Waals surface area contributed by atoms with Crippen LogP contribution in [0.4, 0.5) is 5.95 Å². The quantitative estimate of drug-likeness (QED) is 0.550. The van der Waals surface area contributed by atoms with Crippen molar-refractivity contribution in [1.29, 1.82) is 0 Å². The Labute approximate surface area is 88.3 Å². The summed E-state index contributed by atoms with van der Waals surface area (Å²) in [6.45, 7) is 0. The minimum Gasteiger partial charge on any atom is -0.390 e. The lowest BCUT2D eigenvalue weighted by molar-refractivity contribution is -0.396. The Hall–Kier alpha value is -1.39. The molecular weight excluding hydrogens is 194 g/mol. The minimum atomic E-state index is -0.440. The second kappa shape index (κ2) is 4.00. The van der Waals surface area contributed by atoms with Crippen LogP contribution in [0.15, 0.2) is 6.20 Å². The Morgan fingerprint density at radius 2 is 2.40 bits per heavy atom. The number of nitrogens with zero attached hydrogens (tertiary/aromatic N) is 3. The maximum Gasteiger partial charge on any atom is 0.434 e. The highest BCUT2D eigenvalue weighted by molar-refractivity contribution is 5.14. The van der Waals surface area contributed by atoms with Crippen molar-refractivity contribution >= 4 is 5.95 Å². The molecule has 0 aliphatic heterocycles. The van der Waals surface area contributed by atoms with E-state index in [1.54, 1.807) is 17.8 Å². The summed E-state index contributed by atoms with van der Waals surface area (Å²) in [5.74, 6) is 0.865. The highest BCUT2D eigenvalue weighted by Crippen LogP contribution is 2.33. The first-order chi connectivity index (χ1) is 7.18. The van der Waals surface area contributed by atoms with Gasteiger partial charge in [-0.25, -0.2) is 4.57 Å². The molecule has 0 bridgehead atoms. The van der Waals surface area contributed by atoms with Crippen molar-refractivity contribution in [2.75, 3.05) is 0 Å². The Bertz CT molecular complexity index is 369. The topological polar surface area (TPSA) is 61.0 Å². The molecule has 0 radical (unpaired) electrons. The van der Waals surface area contributed by atoms with E-state index in [0.717, 1.165) is 24.5 Å². The van der Waals surface area contributed by atoms with Crippen LogP contribution in [-0.4, -0.2) is 14.5 Å². The lowest BCUT2D eigenvalue weighted by atomic mass is 10.1. The number of imidazole rings is 1.